The van der Waals surface area contributed by atoms with Crippen molar-refractivity contribution in [2.45, 2.75) is 119 Å². The molecule has 6 heteroatoms. The van der Waals surface area contributed by atoms with Gasteiger partial charge in [-0.15, -0.1) is 0 Å². The van der Waals surface area contributed by atoms with E-state index in [0.717, 1.165) is 24.7 Å². The van der Waals surface area contributed by atoms with Crippen molar-refractivity contribution in [2.24, 2.45) is 0 Å². The highest BCUT2D eigenvalue weighted by atomic mass is 15.0. The molecule has 206 valence electrons. The number of aromatic nitrogens is 4. The van der Waals surface area contributed by atoms with Crippen molar-refractivity contribution >= 4 is 0 Å². The first-order valence-corrected chi connectivity index (χ1v) is 16.0. The second kappa shape index (κ2) is 9.88. The smallest absolute Gasteiger partial charge is 0.123 e. The number of hydrogen-bond acceptors (Lipinski definition) is 4. The summed E-state index contributed by atoms with van der Waals surface area (Å²) in [7, 11) is 0. The van der Waals surface area contributed by atoms with Crippen LogP contribution in [0.4, 0.5) is 0 Å². The molecule has 8 rings (SSSR count). The van der Waals surface area contributed by atoms with Gasteiger partial charge < -0.3 is 20.6 Å². The van der Waals surface area contributed by atoms with Crippen LogP contribution in [0.1, 0.15) is 141 Å². The van der Waals surface area contributed by atoms with E-state index in [4.69, 9.17) is 9.97 Å². The van der Waals surface area contributed by atoms with Gasteiger partial charge in [-0.05, 0) is 118 Å². The van der Waals surface area contributed by atoms with Gasteiger partial charge in [-0.25, -0.2) is 9.97 Å². The number of benzene rings is 1. The van der Waals surface area contributed by atoms with Crippen molar-refractivity contribution in [1.82, 2.24) is 30.6 Å². The molecule has 4 heterocycles. The fourth-order valence-corrected chi connectivity index (χ4v) is 9.12. The Kier molecular flexibility index (Phi) is 6.17. The van der Waals surface area contributed by atoms with Crippen LogP contribution in [0.15, 0.2) is 24.5 Å². The van der Waals surface area contributed by atoms with Gasteiger partial charge in [0.25, 0.3) is 0 Å². The summed E-state index contributed by atoms with van der Waals surface area (Å²) in [5.41, 5.74) is 9.57. The van der Waals surface area contributed by atoms with E-state index in [2.05, 4.69) is 45.1 Å². The van der Waals surface area contributed by atoms with Crippen LogP contribution in [0.25, 0.3) is 11.3 Å². The molecule has 4 fully saturated rings. The first kappa shape index (κ1) is 24.4. The van der Waals surface area contributed by atoms with E-state index >= 15 is 0 Å². The molecule has 0 amide bonds. The Hall–Kier alpha value is -2.44. The average Bonchev–Trinajstić information content (AvgIpc) is 3.82. The molecule has 0 radical (unpaired) electrons. The van der Waals surface area contributed by atoms with Crippen molar-refractivity contribution in [3.05, 3.63) is 58.6 Å². The zero-order valence-electron chi connectivity index (χ0n) is 23.3. The maximum Gasteiger partial charge on any atom is 0.123 e. The topological polar surface area (TPSA) is 81.4 Å². The number of nitrogens with zero attached hydrogens (tertiary/aromatic N) is 2. The predicted molar refractivity (Wildman–Crippen MR) is 155 cm³/mol. The largest absolute Gasteiger partial charge is 0.344 e. The van der Waals surface area contributed by atoms with Crippen LogP contribution >= 0.6 is 0 Å². The minimum Gasteiger partial charge on any atom is -0.344 e. The third-order valence-corrected chi connectivity index (χ3v) is 11.2. The van der Waals surface area contributed by atoms with Gasteiger partial charge in [0.2, 0.25) is 0 Å². The summed E-state index contributed by atoms with van der Waals surface area (Å²) in [6.45, 7) is 2.23. The number of fused-ring (bicyclic) bond motifs is 2. The van der Waals surface area contributed by atoms with Gasteiger partial charge in [-0.1, -0.05) is 25.0 Å². The molecule has 2 unspecified atom stereocenters. The molecular formula is C33H44N6. The van der Waals surface area contributed by atoms with Crippen LogP contribution in [0, 0.1) is 0 Å². The minimum atomic E-state index is 0.391. The van der Waals surface area contributed by atoms with Crippen molar-refractivity contribution < 1.29 is 0 Å². The van der Waals surface area contributed by atoms with Crippen LogP contribution < -0.4 is 10.6 Å². The van der Waals surface area contributed by atoms with Gasteiger partial charge in [0, 0.05) is 23.4 Å². The van der Waals surface area contributed by atoms with Gasteiger partial charge >= 0.3 is 0 Å². The van der Waals surface area contributed by atoms with Crippen LogP contribution in [0.5, 0.6) is 0 Å². The summed E-state index contributed by atoms with van der Waals surface area (Å²) in [5.74, 6) is 3.60. The molecule has 2 atom stereocenters. The van der Waals surface area contributed by atoms with Gasteiger partial charge in [0.15, 0.2) is 0 Å². The van der Waals surface area contributed by atoms with Crippen LogP contribution in [0.2, 0.25) is 0 Å². The lowest BCUT2D eigenvalue weighted by Crippen LogP contribution is -2.22. The Balaban J connectivity index is 1.07. The van der Waals surface area contributed by atoms with Gasteiger partial charge in [0.1, 0.15) is 11.6 Å². The lowest BCUT2D eigenvalue weighted by molar-refractivity contribution is 0.379. The third-order valence-electron chi connectivity index (χ3n) is 11.2. The van der Waals surface area contributed by atoms with Crippen molar-refractivity contribution in [3.8, 4) is 11.3 Å². The Morgan fingerprint density at radius 3 is 2.10 bits per heavy atom. The zero-order valence-corrected chi connectivity index (χ0v) is 23.3. The Labute approximate surface area is 232 Å². The molecule has 6 nitrogen and oxygen atoms in total. The monoisotopic (exact) mass is 524 g/mol. The predicted octanol–water partition coefficient (Wildman–Crippen LogP) is 6.85. The van der Waals surface area contributed by atoms with Crippen molar-refractivity contribution in [1.29, 1.82) is 0 Å². The van der Waals surface area contributed by atoms with E-state index in [1.165, 1.54) is 107 Å². The van der Waals surface area contributed by atoms with E-state index in [1.807, 2.05) is 0 Å². The second-order valence-corrected chi connectivity index (χ2v) is 13.3. The van der Waals surface area contributed by atoms with Crippen LogP contribution in [0.3, 0.4) is 0 Å². The molecule has 2 saturated carbocycles. The Morgan fingerprint density at radius 2 is 1.38 bits per heavy atom. The minimum absolute atomic E-state index is 0.391. The summed E-state index contributed by atoms with van der Waals surface area (Å²) in [6.07, 6.45) is 22.4. The van der Waals surface area contributed by atoms with Crippen LogP contribution in [-0.4, -0.2) is 33.0 Å². The third kappa shape index (κ3) is 4.21. The van der Waals surface area contributed by atoms with E-state index < -0.39 is 0 Å². The summed E-state index contributed by atoms with van der Waals surface area (Å²) >= 11 is 0. The van der Waals surface area contributed by atoms with E-state index in [0.29, 0.717) is 29.3 Å². The molecule has 1 aromatic carbocycles. The average molecular weight is 525 g/mol. The number of nitrogens with one attached hydrogen (secondary N) is 4. The SMILES string of the molecule is c1nc(C2CCCN2)[nH]c1-c1ccc(C2CCC(c3cnc(C4CCCN4)[nH]3)CC2)c2c1CCC21CCCC1. The van der Waals surface area contributed by atoms with Gasteiger partial charge in [0.05, 0.1) is 24.0 Å². The highest BCUT2D eigenvalue weighted by Gasteiger charge is 2.44. The van der Waals surface area contributed by atoms with Gasteiger partial charge in [-0.3, -0.25) is 0 Å². The second-order valence-electron chi connectivity index (χ2n) is 13.3. The maximum absolute atomic E-state index is 4.84. The molecule has 2 aliphatic heterocycles. The van der Waals surface area contributed by atoms with Crippen molar-refractivity contribution in [2.75, 3.05) is 13.1 Å². The normalized spacial score (nSPS) is 29.9. The fraction of sp³-hybridized carbons (Fsp3) is 0.636. The molecule has 0 bridgehead atoms. The zero-order chi connectivity index (χ0) is 25.8. The number of imidazole rings is 2. The molecule has 3 aliphatic carbocycles. The molecule has 39 heavy (non-hydrogen) atoms. The summed E-state index contributed by atoms with van der Waals surface area (Å²) in [6, 6.07) is 5.81. The molecule has 2 saturated heterocycles. The van der Waals surface area contributed by atoms with Gasteiger partial charge in [-0.2, -0.15) is 0 Å². The highest BCUT2D eigenvalue weighted by Crippen LogP contribution is 2.56. The van der Waals surface area contributed by atoms with E-state index in [9.17, 15) is 0 Å². The van der Waals surface area contributed by atoms with E-state index in [-0.39, 0.29) is 0 Å². The van der Waals surface area contributed by atoms with E-state index in [1.54, 1.807) is 16.7 Å². The number of aromatic amines is 2. The summed E-state index contributed by atoms with van der Waals surface area (Å²) in [4.78, 5) is 17.1. The molecule has 2 aromatic heterocycles. The Bertz CT molecular complexity index is 1310. The quantitative estimate of drug-likeness (QED) is 0.294. The fourth-order valence-electron chi connectivity index (χ4n) is 9.12. The highest BCUT2D eigenvalue weighted by molar-refractivity contribution is 5.69. The first-order chi connectivity index (χ1) is 19.3. The standard InChI is InChI=1S/C33H44N6/c1-2-15-33(14-1)16-13-25-24(29-20-37-32(39-29)27-6-4-18-35-27)12-11-23(30(25)33)21-7-9-22(10-8-21)28-19-36-31(38-28)26-5-3-17-34-26/h11-12,19-22,26-27,34-35H,1-10,13-18H2,(H,36,38)(H,37,39). The van der Waals surface area contributed by atoms with Crippen molar-refractivity contribution in [3.63, 3.8) is 0 Å². The molecular weight excluding hydrogens is 480 g/mol. The summed E-state index contributed by atoms with van der Waals surface area (Å²) < 4.78 is 0. The lowest BCUT2D eigenvalue weighted by Gasteiger charge is -2.34. The number of rotatable bonds is 5. The number of H-pyrrole nitrogens is 2. The first-order valence-electron chi connectivity index (χ1n) is 16.0. The lowest BCUT2D eigenvalue weighted by atomic mass is 9.71. The maximum atomic E-state index is 4.84. The molecule has 1 spiro atoms. The molecule has 3 aromatic rings. The Morgan fingerprint density at radius 1 is 0.692 bits per heavy atom. The summed E-state index contributed by atoms with van der Waals surface area (Å²) in [5, 5.41) is 7.20. The molecule has 5 aliphatic rings. The number of hydrogen-bond donors (Lipinski definition) is 4. The molecule has 4 N–H and O–H groups in total. The van der Waals surface area contributed by atoms with Crippen LogP contribution in [-0.2, 0) is 11.8 Å².